The molecule has 1 fully saturated rings. The molecule has 2 N–H and O–H groups in total. The molecule has 1 saturated carbocycles. The van der Waals surface area contributed by atoms with Crippen LogP contribution in [0.25, 0.3) is 0 Å². The Morgan fingerprint density at radius 1 is 1.43 bits per heavy atom. The van der Waals surface area contributed by atoms with Gasteiger partial charge in [-0.1, -0.05) is 25.8 Å². The highest BCUT2D eigenvalue weighted by molar-refractivity contribution is 7.98. The van der Waals surface area contributed by atoms with Gasteiger partial charge in [0.05, 0.1) is 0 Å². The van der Waals surface area contributed by atoms with Crippen LogP contribution in [0.1, 0.15) is 32.6 Å². The molecule has 2 atom stereocenters. The Labute approximate surface area is 144 Å². The van der Waals surface area contributed by atoms with Crippen LogP contribution in [0.4, 0.5) is 10.5 Å². The minimum Gasteiger partial charge on any atom is -0.336 e. The lowest BCUT2D eigenvalue weighted by Gasteiger charge is -2.45. The molecule has 0 heterocycles. The maximum absolute atomic E-state index is 12.3. The molecule has 0 saturated heterocycles. The topological polar surface area (TPSA) is 44.4 Å². The summed E-state index contributed by atoms with van der Waals surface area (Å²) in [7, 11) is 4.25. The molecule has 0 spiro atoms. The number of benzene rings is 1. The molecule has 0 unspecified atom stereocenters. The minimum atomic E-state index is -0.122. The largest absolute Gasteiger partial charge is 0.336 e. The van der Waals surface area contributed by atoms with Gasteiger partial charge in [-0.2, -0.15) is 0 Å². The number of carbonyl (C=O) groups is 1. The van der Waals surface area contributed by atoms with Crippen LogP contribution < -0.4 is 10.6 Å². The van der Waals surface area contributed by atoms with E-state index in [0.29, 0.717) is 12.5 Å². The van der Waals surface area contributed by atoms with Crippen molar-refractivity contribution >= 4 is 23.5 Å². The summed E-state index contributed by atoms with van der Waals surface area (Å²) in [6.45, 7) is 3.00. The summed E-state index contributed by atoms with van der Waals surface area (Å²) in [5, 5.41) is 6.02. The highest BCUT2D eigenvalue weighted by Crippen LogP contribution is 2.35. The Kier molecular flexibility index (Phi) is 6.36. The lowest BCUT2D eigenvalue weighted by atomic mass is 9.75. The van der Waals surface area contributed by atoms with E-state index in [4.69, 9.17) is 0 Å². The summed E-state index contributed by atoms with van der Waals surface area (Å²) in [6.07, 6.45) is 6.85. The molecule has 5 heteroatoms. The molecular weight excluding hydrogens is 306 g/mol. The SMILES string of the molecule is CSc1cccc(NC(=O)NC[C@]2(N(C)C)CCC[C@@H](C)C2)c1. The maximum atomic E-state index is 12.3. The fourth-order valence-electron chi connectivity index (χ4n) is 3.48. The first kappa shape index (κ1) is 18.1. The molecule has 1 aromatic rings. The van der Waals surface area contributed by atoms with E-state index < -0.39 is 0 Å². The van der Waals surface area contributed by atoms with Gasteiger partial charge in [-0.05, 0) is 57.3 Å². The van der Waals surface area contributed by atoms with E-state index in [1.807, 2.05) is 30.5 Å². The van der Waals surface area contributed by atoms with Crippen LogP contribution in [0.3, 0.4) is 0 Å². The van der Waals surface area contributed by atoms with Gasteiger partial charge in [-0.25, -0.2) is 4.79 Å². The summed E-state index contributed by atoms with van der Waals surface area (Å²) in [5.74, 6) is 0.717. The van der Waals surface area contributed by atoms with E-state index in [-0.39, 0.29) is 11.6 Å². The lowest BCUT2D eigenvalue weighted by molar-refractivity contribution is 0.0779. The second kappa shape index (κ2) is 8.06. The lowest BCUT2D eigenvalue weighted by Crippen LogP contribution is -2.55. The Morgan fingerprint density at radius 2 is 2.22 bits per heavy atom. The van der Waals surface area contributed by atoms with Gasteiger partial charge in [0.25, 0.3) is 0 Å². The molecule has 0 bridgehead atoms. The van der Waals surface area contributed by atoms with Crippen molar-refractivity contribution in [2.24, 2.45) is 5.92 Å². The quantitative estimate of drug-likeness (QED) is 0.798. The average Bonchev–Trinajstić information content (AvgIpc) is 2.53. The van der Waals surface area contributed by atoms with Crippen LogP contribution in [0.2, 0.25) is 0 Å². The molecule has 1 aliphatic carbocycles. The van der Waals surface area contributed by atoms with Crippen molar-refractivity contribution in [2.75, 3.05) is 32.2 Å². The standard InChI is InChI=1S/C18H29N3OS/c1-14-7-6-10-18(12-14,21(2)3)13-19-17(22)20-15-8-5-9-16(11-15)23-4/h5,8-9,11,14H,6-7,10,12-13H2,1-4H3,(H2,19,20,22)/t14-,18+/m1/s1. The third-order valence-electron chi connectivity index (χ3n) is 4.92. The molecule has 2 amide bonds. The second-order valence-electron chi connectivity index (χ2n) is 6.86. The number of nitrogens with zero attached hydrogens (tertiary/aromatic N) is 1. The van der Waals surface area contributed by atoms with Crippen molar-refractivity contribution in [3.63, 3.8) is 0 Å². The van der Waals surface area contributed by atoms with Gasteiger partial charge in [-0.3, -0.25) is 0 Å². The van der Waals surface area contributed by atoms with Crippen molar-refractivity contribution in [2.45, 2.75) is 43.0 Å². The van der Waals surface area contributed by atoms with Crippen LogP contribution >= 0.6 is 11.8 Å². The molecule has 1 aromatic carbocycles. The number of anilines is 1. The zero-order valence-electron chi connectivity index (χ0n) is 14.7. The first-order chi connectivity index (χ1) is 10.9. The predicted octanol–water partition coefficient (Wildman–Crippen LogP) is 4.04. The molecule has 23 heavy (non-hydrogen) atoms. The molecule has 2 rings (SSSR count). The van der Waals surface area contributed by atoms with Gasteiger partial charge in [0.15, 0.2) is 0 Å². The molecular formula is C18H29N3OS. The van der Waals surface area contributed by atoms with Crippen LogP contribution in [0, 0.1) is 5.92 Å². The van der Waals surface area contributed by atoms with Gasteiger partial charge in [0.2, 0.25) is 0 Å². The smallest absolute Gasteiger partial charge is 0.319 e. The highest BCUT2D eigenvalue weighted by atomic mass is 32.2. The first-order valence-corrected chi connectivity index (χ1v) is 9.54. The van der Waals surface area contributed by atoms with Gasteiger partial charge < -0.3 is 15.5 Å². The van der Waals surface area contributed by atoms with E-state index in [0.717, 1.165) is 23.4 Å². The number of likely N-dealkylation sites (N-methyl/N-ethyl adjacent to an activating group) is 1. The molecule has 1 aliphatic rings. The number of thioether (sulfide) groups is 1. The van der Waals surface area contributed by atoms with Crippen LogP contribution in [-0.2, 0) is 0 Å². The summed E-state index contributed by atoms with van der Waals surface area (Å²) in [5.41, 5.74) is 0.918. The van der Waals surface area contributed by atoms with Gasteiger partial charge in [-0.15, -0.1) is 11.8 Å². The van der Waals surface area contributed by atoms with Crippen molar-refractivity contribution in [1.82, 2.24) is 10.2 Å². The maximum Gasteiger partial charge on any atom is 0.319 e. The summed E-state index contributed by atoms with van der Waals surface area (Å²) in [4.78, 5) is 15.7. The number of carbonyl (C=O) groups excluding carboxylic acids is 1. The summed E-state index contributed by atoms with van der Waals surface area (Å²) >= 11 is 1.67. The first-order valence-electron chi connectivity index (χ1n) is 8.31. The van der Waals surface area contributed by atoms with Crippen molar-refractivity contribution in [1.29, 1.82) is 0 Å². The number of hydrogen-bond donors (Lipinski definition) is 2. The fourth-order valence-corrected chi connectivity index (χ4v) is 3.94. The molecule has 0 aromatic heterocycles. The minimum absolute atomic E-state index is 0.0795. The zero-order valence-corrected chi connectivity index (χ0v) is 15.5. The van der Waals surface area contributed by atoms with Gasteiger partial charge >= 0.3 is 6.03 Å². The summed E-state index contributed by atoms with van der Waals surface area (Å²) < 4.78 is 0. The molecule has 0 radical (unpaired) electrons. The van der Waals surface area contributed by atoms with Crippen LogP contribution in [0.15, 0.2) is 29.2 Å². The van der Waals surface area contributed by atoms with E-state index >= 15 is 0 Å². The second-order valence-corrected chi connectivity index (χ2v) is 7.74. The van der Waals surface area contributed by atoms with E-state index in [2.05, 4.69) is 36.6 Å². The van der Waals surface area contributed by atoms with E-state index in [1.54, 1.807) is 11.8 Å². The Balaban J connectivity index is 1.93. The number of nitrogens with one attached hydrogen (secondary N) is 2. The van der Waals surface area contributed by atoms with Crippen LogP contribution in [-0.4, -0.2) is 43.4 Å². The Hall–Kier alpha value is -1.20. The Morgan fingerprint density at radius 3 is 2.87 bits per heavy atom. The van der Waals surface area contributed by atoms with Crippen molar-refractivity contribution < 1.29 is 4.79 Å². The highest BCUT2D eigenvalue weighted by Gasteiger charge is 2.37. The average molecular weight is 336 g/mol. The number of amides is 2. The van der Waals surface area contributed by atoms with Gasteiger partial charge in [0.1, 0.15) is 0 Å². The summed E-state index contributed by atoms with van der Waals surface area (Å²) in [6, 6.07) is 7.80. The monoisotopic (exact) mass is 335 g/mol. The number of hydrogen-bond acceptors (Lipinski definition) is 3. The third-order valence-corrected chi connectivity index (χ3v) is 5.65. The molecule has 128 valence electrons. The predicted molar refractivity (Wildman–Crippen MR) is 99.3 cm³/mol. The Bertz CT molecular complexity index is 535. The van der Waals surface area contributed by atoms with E-state index in [9.17, 15) is 4.79 Å². The third kappa shape index (κ3) is 4.88. The molecule has 0 aliphatic heterocycles. The van der Waals surface area contributed by atoms with Gasteiger partial charge in [0, 0.05) is 22.7 Å². The fraction of sp³-hybridized carbons (Fsp3) is 0.611. The van der Waals surface area contributed by atoms with E-state index in [1.165, 1.54) is 12.8 Å². The number of urea groups is 1. The van der Waals surface area contributed by atoms with Crippen LogP contribution in [0.5, 0.6) is 0 Å². The van der Waals surface area contributed by atoms with Crippen molar-refractivity contribution in [3.05, 3.63) is 24.3 Å². The normalized spacial score (nSPS) is 24.5. The zero-order chi connectivity index (χ0) is 16.9. The number of rotatable bonds is 5. The molecule has 4 nitrogen and oxygen atoms in total. The van der Waals surface area contributed by atoms with Crippen molar-refractivity contribution in [3.8, 4) is 0 Å².